The largest absolute Gasteiger partial charge is 0.481 e. The molecule has 0 bridgehead atoms. The highest BCUT2D eigenvalue weighted by atomic mass is 32.2. The van der Waals surface area contributed by atoms with Gasteiger partial charge in [-0.3, -0.25) is 9.59 Å². The summed E-state index contributed by atoms with van der Waals surface area (Å²) in [4.78, 5) is 33.1. The lowest BCUT2D eigenvalue weighted by atomic mass is 10.1. The van der Waals surface area contributed by atoms with E-state index in [9.17, 15) is 14.4 Å². The van der Waals surface area contributed by atoms with Crippen molar-refractivity contribution in [2.75, 3.05) is 18.1 Å². The van der Waals surface area contributed by atoms with Crippen molar-refractivity contribution in [2.45, 2.75) is 25.8 Å². The topological polar surface area (TPSA) is 124 Å². The highest BCUT2D eigenvalue weighted by Crippen LogP contribution is 2.07. The number of carbonyl (C=O) groups is 3. The number of nitrogens with one attached hydrogen (secondary N) is 1. The van der Waals surface area contributed by atoms with Gasteiger partial charge >= 0.3 is 11.9 Å². The van der Waals surface area contributed by atoms with Crippen LogP contribution in [0.25, 0.3) is 0 Å². The zero-order valence-corrected chi connectivity index (χ0v) is 11.5. The number of carboxylic acid groups (broad SMARTS) is 2. The van der Waals surface area contributed by atoms with Crippen molar-refractivity contribution in [3.63, 3.8) is 0 Å². The first-order valence-electron chi connectivity index (χ1n) is 5.88. The van der Waals surface area contributed by atoms with Gasteiger partial charge in [-0.05, 0) is 24.3 Å². The van der Waals surface area contributed by atoms with Gasteiger partial charge in [0.2, 0.25) is 5.91 Å². The molecule has 0 rings (SSSR count). The second-order valence-corrected chi connectivity index (χ2v) is 5.10. The van der Waals surface area contributed by atoms with E-state index < -0.39 is 36.4 Å². The second kappa shape index (κ2) is 9.62. The van der Waals surface area contributed by atoms with Crippen molar-refractivity contribution in [2.24, 2.45) is 5.92 Å². The lowest BCUT2D eigenvalue weighted by Gasteiger charge is -2.16. The second-order valence-electron chi connectivity index (χ2n) is 3.87. The number of aliphatic hydroxyl groups is 1. The monoisotopic (exact) mass is 293 g/mol. The first-order valence-corrected chi connectivity index (χ1v) is 7.04. The molecule has 7 nitrogen and oxygen atoms in total. The van der Waals surface area contributed by atoms with Gasteiger partial charge in [0, 0.05) is 0 Å². The summed E-state index contributed by atoms with van der Waals surface area (Å²) in [5, 5.41) is 28.5. The Labute approximate surface area is 115 Å². The SMILES string of the molecule is CCCSCCC(NC(=O)C(CO)C(=O)O)C(=O)O. The number of thioether (sulfide) groups is 1. The molecule has 2 unspecified atom stereocenters. The molecule has 0 aromatic heterocycles. The highest BCUT2D eigenvalue weighted by Gasteiger charge is 2.29. The van der Waals surface area contributed by atoms with Gasteiger partial charge < -0.3 is 20.6 Å². The van der Waals surface area contributed by atoms with E-state index in [2.05, 4.69) is 5.32 Å². The Morgan fingerprint density at radius 2 is 1.79 bits per heavy atom. The molecule has 0 aromatic rings. The Morgan fingerprint density at radius 3 is 2.21 bits per heavy atom. The molecule has 0 saturated heterocycles. The molecule has 0 fully saturated rings. The van der Waals surface area contributed by atoms with Crippen LogP contribution in [-0.2, 0) is 14.4 Å². The molecule has 0 aliphatic rings. The highest BCUT2D eigenvalue weighted by molar-refractivity contribution is 7.99. The van der Waals surface area contributed by atoms with Crippen molar-refractivity contribution in [3.8, 4) is 0 Å². The Kier molecular flexibility index (Phi) is 8.98. The normalized spacial score (nSPS) is 13.6. The molecule has 4 N–H and O–H groups in total. The summed E-state index contributed by atoms with van der Waals surface area (Å²) in [5.41, 5.74) is 0. The Bertz CT molecular complexity index is 322. The van der Waals surface area contributed by atoms with Crippen LogP contribution < -0.4 is 5.32 Å². The molecule has 0 aliphatic heterocycles. The van der Waals surface area contributed by atoms with Crippen molar-refractivity contribution < 1.29 is 29.7 Å². The van der Waals surface area contributed by atoms with E-state index in [1.807, 2.05) is 6.92 Å². The molecule has 2 atom stereocenters. The van der Waals surface area contributed by atoms with E-state index in [0.29, 0.717) is 5.75 Å². The summed E-state index contributed by atoms with van der Waals surface area (Å²) in [6.45, 7) is 1.14. The average Bonchev–Trinajstić information content (AvgIpc) is 2.33. The molecule has 0 heterocycles. The number of carbonyl (C=O) groups excluding carboxylic acids is 1. The lowest BCUT2D eigenvalue weighted by Crippen LogP contribution is -2.46. The summed E-state index contributed by atoms with van der Waals surface area (Å²) < 4.78 is 0. The maximum atomic E-state index is 11.5. The fourth-order valence-corrected chi connectivity index (χ4v) is 2.15. The van der Waals surface area contributed by atoms with Crippen LogP contribution in [0.3, 0.4) is 0 Å². The van der Waals surface area contributed by atoms with Gasteiger partial charge in [0.25, 0.3) is 0 Å². The lowest BCUT2D eigenvalue weighted by molar-refractivity contribution is -0.151. The van der Waals surface area contributed by atoms with E-state index in [4.69, 9.17) is 15.3 Å². The summed E-state index contributed by atoms with van der Waals surface area (Å²) in [6, 6.07) is -1.13. The molecule has 0 spiro atoms. The summed E-state index contributed by atoms with van der Waals surface area (Å²) in [7, 11) is 0. The molecule has 0 saturated carbocycles. The van der Waals surface area contributed by atoms with Gasteiger partial charge in [0.05, 0.1) is 6.61 Å². The number of amides is 1. The number of aliphatic carboxylic acids is 2. The number of hydrogen-bond acceptors (Lipinski definition) is 5. The molecule has 1 amide bonds. The van der Waals surface area contributed by atoms with E-state index in [1.54, 1.807) is 11.8 Å². The van der Waals surface area contributed by atoms with Gasteiger partial charge in [0.1, 0.15) is 6.04 Å². The van der Waals surface area contributed by atoms with E-state index in [-0.39, 0.29) is 6.42 Å². The minimum absolute atomic E-state index is 0.212. The van der Waals surface area contributed by atoms with E-state index in [0.717, 1.165) is 12.2 Å². The Hall–Kier alpha value is -1.28. The third-order valence-corrected chi connectivity index (χ3v) is 3.53. The zero-order chi connectivity index (χ0) is 14.8. The Morgan fingerprint density at radius 1 is 1.16 bits per heavy atom. The van der Waals surface area contributed by atoms with Gasteiger partial charge in [-0.15, -0.1) is 0 Å². The first-order chi connectivity index (χ1) is 8.93. The molecule has 19 heavy (non-hydrogen) atoms. The van der Waals surface area contributed by atoms with Gasteiger partial charge in [-0.1, -0.05) is 6.92 Å². The van der Waals surface area contributed by atoms with Crippen LogP contribution in [0.1, 0.15) is 19.8 Å². The molecule has 0 aromatic carbocycles. The number of carboxylic acids is 2. The van der Waals surface area contributed by atoms with Crippen molar-refractivity contribution in [3.05, 3.63) is 0 Å². The van der Waals surface area contributed by atoms with Crippen LogP contribution >= 0.6 is 11.8 Å². The predicted octanol–water partition coefficient (Wildman–Crippen LogP) is -0.218. The molecule has 0 aliphatic carbocycles. The predicted molar refractivity (Wildman–Crippen MR) is 70.0 cm³/mol. The average molecular weight is 293 g/mol. The van der Waals surface area contributed by atoms with Gasteiger partial charge in [-0.2, -0.15) is 11.8 Å². The maximum Gasteiger partial charge on any atom is 0.326 e. The maximum absolute atomic E-state index is 11.5. The third-order valence-electron chi connectivity index (χ3n) is 2.31. The summed E-state index contributed by atoms with van der Waals surface area (Å²) in [5.74, 6) is -3.86. The van der Waals surface area contributed by atoms with Gasteiger partial charge in [0.15, 0.2) is 5.92 Å². The number of rotatable bonds is 10. The van der Waals surface area contributed by atoms with Crippen molar-refractivity contribution >= 4 is 29.6 Å². The van der Waals surface area contributed by atoms with E-state index >= 15 is 0 Å². The smallest absolute Gasteiger partial charge is 0.326 e. The first kappa shape index (κ1) is 17.7. The molecule has 0 radical (unpaired) electrons. The molecular formula is C11H19NO6S. The Balaban J connectivity index is 4.37. The number of hydrogen-bond donors (Lipinski definition) is 4. The van der Waals surface area contributed by atoms with Crippen LogP contribution in [0.15, 0.2) is 0 Å². The minimum atomic E-state index is -1.63. The minimum Gasteiger partial charge on any atom is -0.481 e. The van der Waals surface area contributed by atoms with Crippen molar-refractivity contribution in [1.29, 1.82) is 0 Å². The fraction of sp³-hybridized carbons (Fsp3) is 0.727. The molecule has 110 valence electrons. The quantitative estimate of drug-likeness (QED) is 0.324. The fourth-order valence-electron chi connectivity index (χ4n) is 1.25. The van der Waals surface area contributed by atoms with Crippen LogP contribution in [-0.4, -0.2) is 57.3 Å². The summed E-state index contributed by atoms with van der Waals surface area (Å²) >= 11 is 1.57. The zero-order valence-electron chi connectivity index (χ0n) is 10.7. The van der Waals surface area contributed by atoms with Gasteiger partial charge in [-0.25, -0.2) is 4.79 Å². The van der Waals surface area contributed by atoms with Crippen molar-refractivity contribution in [1.82, 2.24) is 5.32 Å². The number of aliphatic hydroxyl groups excluding tert-OH is 1. The van der Waals surface area contributed by atoms with Crippen LogP contribution in [0.4, 0.5) is 0 Å². The standard InChI is InChI=1S/C11H19NO6S/c1-2-4-19-5-3-8(11(17)18)12-9(14)7(6-13)10(15)16/h7-8,13H,2-6H2,1H3,(H,12,14)(H,15,16)(H,17,18). The van der Waals surface area contributed by atoms with E-state index in [1.165, 1.54) is 0 Å². The van der Waals surface area contributed by atoms with Crippen LogP contribution in [0.5, 0.6) is 0 Å². The summed E-state index contributed by atoms with van der Waals surface area (Å²) in [6.07, 6.45) is 1.18. The third kappa shape index (κ3) is 7.02. The van der Waals surface area contributed by atoms with Crippen LogP contribution in [0.2, 0.25) is 0 Å². The molecule has 8 heteroatoms. The molecular weight excluding hydrogens is 274 g/mol. The van der Waals surface area contributed by atoms with Crippen LogP contribution in [0, 0.1) is 5.92 Å².